The SMILES string of the molecule is CC(CNC(=O)c1ccc(I)c(O)c1)c1nccs1. The summed E-state index contributed by atoms with van der Waals surface area (Å²) in [6, 6.07) is 4.89. The minimum absolute atomic E-state index is 0.126. The summed E-state index contributed by atoms with van der Waals surface area (Å²) in [5.74, 6) is 0.123. The second kappa shape index (κ2) is 6.33. The van der Waals surface area contributed by atoms with E-state index in [2.05, 4.69) is 10.3 Å². The predicted molar refractivity (Wildman–Crippen MR) is 83.7 cm³/mol. The Balaban J connectivity index is 1.96. The Morgan fingerprint density at radius 3 is 3.00 bits per heavy atom. The molecule has 0 spiro atoms. The van der Waals surface area contributed by atoms with Crippen LogP contribution in [0.3, 0.4) is 0 Å². The summed E-state index contributed by atoms with van der Waals surface area (Å²) in [6.45, 7) is 2.55. The first-order chi connectivity index (χ1) is 9.08. The van der Waals surface area contributed by atoms with Crippen molar-refractivity contribution in [3.63, 3.8) is 0 Å². The minimum atomic E-state index is -0.185. The lowest BCUT2D eigenvalue weighted by molar-refractivity contribution is 0.0951. The van der Waals surface area contributed by atoms with Gasteiger partial charge in [0.1, 0.15) is 5.75 Å². The van der Waals surface area contributed by atoms with E-state index in [1.54, 1.807) is 29.7 Å². The molecule has 2 aromatic rings. The number of nitrogens with one attached hydrogen (secondary N) is 1. The molecule has 0 aliphatic carbocycles. The van der Waals surface area contributed by atoms with E-state index in [4.69, 9.17) is 0 Å². The molecule has 1 heterocycles. The number of aromatic hydroxyl groups is 1. The number of nitrogens with zero attached hydrogens (tertiary/aromatic N) is 1. The van der Waals surface area contributed by atoms with Gasteiger partial charge in [-0.2, -0.15) is 0 Å². The average molecular weight is 388 g/mol. The lowest BCUT2D eigenvalue weighted by atomic mass is 10.1. The van der Waals surface area contributed by atoms with Crippen LogP contribution in [0.5, 0.6) is 5.75 Å². The number of carbonyl (C=O) groups excluding carboxylic acids is 1. The molecule has 1 aromatic carbocycles. The molecule has 1 aromatic heterocycles. The number of benzene rings is 1. The van der Waals surface area contributed by atoms with Gasteiger partial charge in [0, 0.05) is 29.6 Å². The Hall–Kier alpha value is -1.15. The van der Waals surface area contributed by atoms with E-state index in [1.807, 2.05) is 34.9 Å². The molecule has 1 atom stereocenters. The Morgan fingerprint density at radius 2 is 2.37 bits per heavy atom. The van der Waals surface area contributed by atoms with Crippen molar-refractivity contribution in [1.29, 1.82) is 0 Å². The molecule has 100 valence electrons. The van der Waals surface area contributed by atoms with Gasteiger partial charge in [-0.3, -0.25) is 4.79 Å². The molecule has 1 amide bonds. The van der Waals surface area contributed by atoms with Crippen LogP contribution in [0.25, 0.3) is 0 Å². The molecule has 19 heavy (non-hydrogen) atoms. The van der Waals surface area contributed by atoms with E-state index >= 15 is 0 Å². The monoisotopic (exact) mass is 388 g/mol. The Labute approximate surface area is 129 Å². The number of hydrogen-bond acceptors (Lipinski definition) is 4. The highest BCUT2D eigenvalue weighted by atomic mass is 127. The molecule has 6 heteroatoms. The molecule has 1 unspecified atom stereocenters. The zero-order chi connectivity index (χ0) is 13.8. The van der Waals surface area contributed by atoms with Crippen LogP contribution >= 0.6 is 33.9 Å². The first-order valence-corrected chi connectivity index (χ1v) is 7.70. The fraction of sp³-hybridized carbons (Fsp3) is 0.231. The smallest absolute Gasteiger partial charge is 0.251 e. The van der Waals surface area contributed by atoms with E-state index in [0.29, 0.717) is 12.1 Å². The molecule has 0 aliphatic heterocycles. The van der Waals surface area contributed by atoms with Crippen molar-refractivity contribution in [3.05, 3.63) is 43.9 Å². The molecule has 0 fully saturated rings. The van der Waals surface area contributed by atoms with Gasteiger partial charge in [-0.1, -0.05) is 6.92 Å². The van der Waals surface area contributed by atoms with Crippen LogP contribution in [0, 0.1) is 3.57 Å². The summed E-state index contributed by atoms with van der Waals surface area (Å²) < 4.78 is 0.727. The van der Waals surface area contributed by atoms with Gasteiger partial charge < -0.3 is 10.4 Å². The summed E-state index contributed by atoms with van der Waals surface area (Å²) in [5.41, 5.74) is 0.462. The van der Waals surface area contributed by atoms with E-state index in [1.165, 1.54) is 6.07 Å². The van der Waals surface area contributed by atoms with E-state index in [0.717, 1.165) is 8.58 Å². The molecule has 0 radical (unpaired) electrons. The third-order valence-electron chi connectivity index (χ3n) is 2.65. The number of aromatic nitrogens is 1. The Morgan fingerprint density at radius 1 is 1.58 bits per heavy atom. The first kappa shape index (κ1) is 14.3. The minimum Gasteiger partial charge on any atom is -0.507 e. The number of phenolic OH excluding ortho intramolecular Hbond substituents is 1. The number of hydrogen-bond donors (Lipinski definition) is 2. The van der Waals surface area contributed by atoms with Gasteiger partial charge in [-0.25, -0.2) is 4.98 Å². The Kier molecular flexibility index (Phi) is 4.76. The first-order valence-electron chi connectivity index (χ1n) is 5.74. The second-order valence-electron chi connectivity index (χ2n) is 4.15. The lowest BCUT2D eigenvalue weighted by Crippen LogP contribution is -2.27. The number of amides is 1. The van der Waals surface area contributed by atoms with E-state index < -0.39 is 0 Å². The van der Waals surface area contributed by atoms with Crippen molar-refractivity contribution in [2.45, 2.75) is 12.8 Å². The second-order valence-corrected chi connectivity index (χ2v) is 6.24. The third kappa shape index (κ3) is 3.66. The normalized spacial score (nSPS) is 12.1. The van der Waals surface area contributed by atoms with Crippen molar-refractivity contribution in [1.82, 2.24) is 10.3 Å². The zero-order valence-corrected chi connectivity index (χ0v) is 13.2. The van der Waals surface area contributed by atoms with Gasteiger partial charge in [0.15, 0.2) is 0 Å². The number of halogens is 1. The Bertz CT molecular complexity index is 572. The summed E-state index contributed by atoms with van der Waals surface area (Å²) in [7, 11) is 0. The van der Waals surface area contributed by atoms with Crippen LogP contribution in [-0.4, -0.2) is 22.5 Å². The van der Waals surface area contributed by atoms with Crippen LogP contribution in [0.2, 0.25) is 0 Å². The van der Waals surface area contributed by atoms with Gasteiger partial charge in [0.25, 0.3) is 5.91 Å². The van der Waals surface area contributed by atoms with Gasteiger partial charge in [-0.05, 0) is 40.8 Å². The molecule has 0 aliphatic rings. The fourth-order valence-corrected chi connectivity index (χ4v) is 2.60. The quantitative estimate of drug-likeness (QED) is 0.792. The maximum absolute atomic E-state index is 11.9. The third-order valence-corrected chi connectivity index (χ3v) is 4.57. The maximum Gasteiger partial charge on any atom is 0.251 e. The lowest BCUT2D eigenvalue weighted by Gasteiger charge is -2.10. The summed E-state index contributed by atoms with van der Waals surface area (Å²) >= 11 is 3.59. The van der Waals surface area contributed by atoms with Crippen LogP contribution in [0.4, 0.5) is 0 Å². The van der Waals surface area contributed by atoms with E-state index in [-0.39, 0.29) is 17.6 Å². The molecular weight excluding hydrogens is 375 g/mol. The molecule has 4 nitrogen and oxygen atoms in total. The topological polar surface area (TPSA) is 62.2 Å². The highest BCUT2D eigenvalue weighted by Gasteiger charge is 2.12. The number of rotatable bonds is 4. The average Bonchev–Trinajstić information content (AvgIpc) is 2.92. The van der Waals surface area contributed by atoms with Gasteiger partial charge in [0.05, 0.1) is 8.58 Å². The number of thiazole rings is 1. The predicted octanol–water partition coefficient (Wildman–Crippen LogP) is 2.99. The molecule has 0 saturated heterocycles. The highest BCUT2D eigenvalue weighted by Crippen LogP contribution is 2.21. The van der Waals surface area contributed by atoms with Crippen molar-refractivity contribution in [2.75, 3.05) is 6.54 Å². The molecule has 2 rings (SSSR count). The number of carbonyl (C=O) groups is 1. The van der Waals surface area contributed by atoms with Gasteiger partial charge in [0.2, 0.25) is 0 Å². The van der Waals surface area contributed by atoms with Crippen LogP contribution in [0.1, 0.15) is 28.2 Å². The van der Waals surface area contributed by atoms with Crippen LogP contribution < -0.4 is 5.32 Å². The van der Waals surface area contributed by atoms with Gasteiger partial charge >= 0.3 is 0 Å². The summed E-state index contributed by atoms with van der Waals surface area (Å²) in [5, 5.41) is 15.4. The molecule has 0 saturated carbocycles. The molecule has 0 bridgehead atoms. The van der Waals surface area contributed by atoms with Crippen molar-refractivity contribution >= 4 is 39.8 Å². The number of phenols is 1. The van der Waals surface area contributed by atoms with Crippen LogP contribution in [0.15, 0.2) is 29.8 Å². The van der Waals surface area contributed by atoms with Gasteiger partial charge in [-0.15, -0.1) is 11.3 Å². The summed E-state index contributed by atoms with van der Waals surface area (Å²) in [6.07, 6.45) is 1.76. The maximum atomic E-state index is 11.9. The fourth-order valence-electron chi connectivity index (χ4n) is 1.57. The van der Waals surface area contributed by atoms with Crippen molar-refractivity contribution in [2.24, 2.45) is 0 Å². The van der Waals surface area contributed by atoms with E-state index in [9.17, 15) is 9.90 Å². The molecule has 2 N–H and O–H groups in total. The standard InChI is InChI=1S/C13H13IN2O2S/c1-8(13-15-4-5-19-13)7-16-12(18)9-2-3-10(14)11(17)6-9/h2-6,8,17H,7H2,1H3,(H,16,18). The molecular formula is C13H13IN2O2S. The zero-order valence-electron chi connectivity index (χ0n) is 10.3. The largest absolute Gasteiger partial charge is 0.507 e. The summed E-state index contributed by atoms with van der Waals surface area (Å²) in [4.78, 5) is 16.2. The van der Waals surface area contributed by atoms with Crippen molar-refractivity contribution in [3.8, 4) is 5.75 Å². The highest BCUT2D eigenvalue weighted by molar-refractivity contribution is 14.1. The van der Waals surface area contributed by atoms with Crippen molar-refractivity contribution < 1.29 is 9.90 Å². The van der Waals surface area contributed by atoms with Crippen LogP contribution in [-0.2, 0) is 0 Å².